The second kappa shape index (κ2) is 6.23. The van der Waals surface area contributed by atoms with E-state index in [0.717, 1.165) is 38.3 Å². The molecule has 0 bridgehead atoms. The number of hydrogen-bond acceptors (Lipinski definition) is 4. The summed E-state index contributed by atoms with van der Waals surface area (Å²) >= 11 is 0. The summed E-state index contributed by atoms with van der Waals surface area (Å²) in [4.78, 5) is 4.72. The van der Waals surface area contributed by atoms with E-state index in [9.17, 15) is 5.26 Å². The van der Waals surface area contributed by atoms with Gasteiger partial charge in [-0.15, -0.1) is 0 Å². The van der Waals surface area contributed by atoms with Crippen LogP contribution in [0.15, 0.2) is 6.07 Å². The molecular weight excluding hydrogens is 248 g/mol. The van der Waals surface area contributed by atoms with Crippen LogP contribution < -0.4 is 10.6 Å². The molecule has 0 atom stereocenters. The van der Waals surface area contributed by atoms with Crippen molar-refractivity contribution in [1.29, 1.82) is 5.26 Å². The van der Waals surface area contributed by atoms with Gasteiger partial charge < -0.3 is 10.6 Å². The Hall–Kier alpha value is -1.60. The fourth-order valence-corrected chi connectivity index (χ4v) is 3.18. The maximum absolute atomic E-state index is 9.32. The van der Waals surface area contributed by atoms with Crippen molar-refractivity contribution in [3.63, 3.8) is 0 Å². The number of aromatic nitrogens is 1. The fourth-order valence-electron chi connectivity index (χ4n) is 3.18. The lowest BCUT2D eigenvalue weighted by Crippen LogP contribution is -2.31. The van der Waals surface area contributed by atoms with Crippen LogP contribution in [0.1, 0.15) is 42.5 Å². The lowest BCUT2D eigenvalue weighted by molar-refractivity contribution is 0.389. The van der Waals surface area contributed by atoms with Crippen molar-refractivity contribution >= 4 is 5.82 Å². The summed E-state index contributed by atoms with van der Waals surface area (Å²) < 4.78 is 0. The standard InChI is InChI=1S/C16H22N4/c17-10-14-9-13-3-1-2-4-15(13)20-16(14)19-11-12-5-7-18-8-6-12/h9,12,18H,1-8,11H2,(H,19,20). The summed E-state index contributed by atoms with van der Waals surface area (Å²) in [5.41, 5.74) is 3.18. The number of rotatable bonds is 3. The minimum Gasteiger partial charge on any atom is -0.369 e. The van der Waals surface area contributed by atoms with Crippen molar-refractivity contribution in [1.82, 2.24) is 10.3 Å². The first-order valence-corrected chi connectivity index (χ1v) is 7.74. The van der Waals surface area contributed by atoms with Crippen LogP contribution in [0.25, 0.3) is 0 Å². The molecule has 0 unspecified atom stereocenters. The molecule has 4 nitrogen and oxygen atoms in total. The molecular formula is C16H22N4. The van der Waals surface area contributed by atoms with Crippen molar-refractivity contribution in [2.24, 2.45) is 5.92 Å². The average Bonchev–Trinajstić information content (AvgIpc) is 2.53. The van der Waals surface area contributed by atoms with E-state index in [-0.39, 0.29) is 0 Å². The third kappa shape index (κ3) is 2.94. The normalized spacial score (nSPS) is 19.1. The van der Waals surface area contributed by atoms with Crippen LogP contribution in [-0.4, -0.2) is 24.6 Å². The maximum Gasteiger partial charge on any atom is 0.144 e. The lowest BCUT2D eigenvalue weighted by Gasteiger charge is -2.24. The molecule has 0 spiro atoms. The molecule has 1 aliphatic carbocycles. The smallest absolute Gasteiger partial charge is 0.144 e. The molecule has 2 aliphatic rings. The van der Waals surface area contributed by atoms with Crippen LogP contribution in [0.5, 0.6) is 0 Å². The number of pyridine rings is 1. The van der Waals surface area contributed by atoms with Crippen LogP contribution in [0.3, 0.4) is 0 Å². The third-order valence-corrected chi connectivity index (χ3v) is 4.44. The number of nitrogens with one attached hydrogen (secondary N) is 2. The Bertz CT molecular complexity index is 512. The molecule has 1 aromatic heterocycles. The molecule has 2 N–H and O–H groups in total. The van der Waals surface area contributed by atoms with Gasteiger partial charge in [-0.25, -0.2) is 4.98 Å². The summed E-state index contributed by atoms with van der Waals surface area (Å²) in [6.45, 7) is 3.15. The molecule has 1 aromatic rings. The van der Waals surface area contributed by atoms with Crippen LogP contribution in [0.4, 0.5) is 5.82 Å². The van der Waals surface area contributed by atoms with Gasteiger partial charge >= 0.3 is 0 Å². The van der Waals surface area contributed by atoms with Gasteiger partial charge in [0.1, 0.15) is 11.9 Å². The number of nitrogens with zero attached hydrogens (tertiary/aromatic N) is 2. The Kier molecular flexibility index (Phi) is 4.17. The largest absolute Gasteiger partial charge is 0.369 e. The third-order valence-electron chi connectivity index (χ3n) is 4.44. The summed E-state index contributed by atoms with van der Waals surface area (Å²) in [5.74, 6) is 1.49. The molecule has 3 rings (SSSR count). The summed E-state index contributed by atoms with van der Waals surface area (Å²) in [6, 6.07) is 4.34. The lowest BCUT2D eigenvalue weighted by atomic mass is 9.94. The van der Waals surface area contributed by atoms with Gasteiger partial charge in [-0.1, -0.05) is 0 Å². The Balaban J connectivity index is 1.72. The fraction of sp³-hybridized carbons (Fsp3) is 0.625. The quantitative estimate of drug-likeness (QED) is 0.884. The predicted molar refractivity (Wildman–Crippen MR) is 79.7 cm³/mol. The molecule has 1 saturated heterocycles. The van der Waals surface area contributed by atoms with Crippen LogP contribution in [-0.2, 0) is 12.8 Å². The first-order chi connectivity index (χ1) is 9.86. The van der Waals surface area contributed by atoms with Gasteiger partial charge in [0.05, 0.1) is 5.56 Å². The van der Waals surface area contributed by atoms with Gasteiger partial charge in [0.15, 0.2) is 0 Å². The molecule has 2 heterocycles. The maximum atomic E-state index is 9.32. The summed E-state index contributed by atoms with van der Waals surface area (Å²) in [6.07, 6.45) is 7.00. The van der Waals surface area contributed by atoms with Crippen molar-refractivity contribution in [3.8, 4) is 6.07 Å². The Morgan fingerprint density at radius 1 is 1.30 bits per heavy atom. The Morgan fingerprint density at radius 2 is 2.10 bits per heavy atom. The highest BCUT2D eigenvalue weighted by Crippen LogP contribution is 2.24. The van der Waals surface area contributed by atoms with Crippen molar-refractivity contribution < 1.29 is 0 Å². The van der Waals surface area contributed by atoms with E-state index in [1.165, 1.54) is 36.9 Å². The zero-order chi connectivity index (χ0) is 13.8. The van der Waals surface area contributed by atoms with Gasteiger partial charge in [0, 0.05) is 12.2 Å². The van der Waals surface area contributed by atoms with E-state index in [1.54, 1.807) is 0 Å². The minimum atomic E-state index is 0.695. The Morgan fingerprint density at radius 3 is 2.90 bits per heavy atom. The molecule has 1 fully saturated rings. The van der Waals surface area contributed by atoms with Gasteiger partial charge in [-0.3, -0.25) is 0 Å². The molecule has 20 heavy (non-hydrogen) atoms. The molecule has 0 amide bonds. The first kappa shape index (κ1) is 13.4. The van der Waals surface area contributed by atoms with E-state index in [4.69, 9.17) is 4.98 Å². The summed E-state index contributed by atoms with van der Waals surface area (Å²) in [7, 11) is 0. The zero-order valence-electron chi connectivity index (χ0n) is 11.9. The molecule has 1 aliphatic heterocycles. The van der Waals surface area contributed by atoms with Crippen molar-refractivity contribution in [3.05, 3.63) is 22.9 Å². The summed E-state index contributed by atoms with van der Waals surface area (Å²) in [5, 5.41) is 16.1. The number of fused-ring (bicyclic) bond motifs is 1. The average molecular weight is 270 g/mol. The predicted octanol–water partition coefficient (Wildman–Crippen LogP) is 2.24. The second-order valence-electron chi connectivity index (χ2n) is 5.88. The molecule has 0 aromatic carbocycles. The number of aryl methyl sites for hydroxylation is 2. The van der Waals surface area contributed by atoms with Crippen molar-refractivity contribution in [2.45, 2.75) is 38.5 Å². The number of piperidine rings is 1. The van der Waals surface area contributed by atoms with Crippen LogP contribution >= 0.6 is 0 Å². The van der Waals surface area contributed by atoms with Crippen molar-refractivity contribution in [2.75, 3.05) is 25.0 Å². The number of hydrogen-bond donors (Lipinski definition) is 2. The van der Waals surface area contributed by atoms with E-state index >= 15 is 0 Å². The number of anilines is 1. The van der Waals surface area contributed by atoms with Gasteiger partial charge in [-0.05, 0) is 69.2 Å². The SMILES string of the molecule is N#Cc1cc2c(nc1NCC1CCNCC1)CCCC2. The zero-order valence-corrected chi connectivity index (χ0v) is 11.9. The van der Waals surface area contributed by atoms with Gasteiger partial charge in [0.25, 0.3) is 0 Å². The van der Waals surface area contributed by atoms with E-state index in [2.05, 4.69) is 16.7 Å². The van der Waals surface area contributed by atoms with E-state index < -0.39 is 0 Å². The van der Waals surface area contributed by atoms with E-state index in [1.807, 2.05) is 6.07 Å². The highest BCUT2D eigenvalue weighted by atomic mass is 15.0. The van der Waals surface area contributed by atoms with Gasteiger partial charge in [-0.2, -0.15) is 5.26 Å². The Labute approximate surface area is 120 Å². The van der Waals surface area contributed by atoms with E-state index in [0.29, 0.717) is 11.5 Å². The number of nitriles is 1. The molecule has 0 radical (unpaired) electrons. The minimum absolute atomic E-state index is 0.695. The van der Waals surface area contributed by atoms with Gasteiger partial charge in [0.2, 0.25) is 0 Å². The molecule has 4 heteroatoms. The monoisotopic (exact) mass is 270 g/mol. The molecule has 106 valence electrons. The van der Waals surface area contributed by atoms with Crippen LogP contribution in [0.2, 0.25) is 0 Å². The molecule has 0 saturated carbocycles. The first-order valence-electron chi connectivity index (χ1n) is 7.74. The topological polar surface area (TPSA) is 60.7 Å². The second-order valence-corrected chi connectivity index (χ2v) is 5.88. The van der Waals surface area contributed by atoms with Crippen LogP contribution in [0, 0.1) is 17.2 Å². The highest BCUT2D eigenvalue weighted by molar-refractivity contribution is 5.54. The highest BCUT2D eigenvalue weighted by Gasteiger charge is 2.17.